The second-order valence-electron chi connectivity index (χ2n) is 6.73. The molecular weight excluding hydrogens is 390 g/mol. The van der Waals surface area contributed by atoms with Gasteiger partial charge in [0.2, 0.25) is 17.9 Å². The van der Waals surface area contributed by atoms with Gasteiger partial charge >= 0.3 is 0 Å². The number of thioether (sulfide) groups is 1. The maximum Gasteiger partial charge on any atom is 0.231 e. The number of hydrogen-bond donors (Lipinski definition) is 2. The van der Waals surface area contributed by atoms with Crippen molar-refractivity contribution < 1.29 is 14.3 Å². The van der Waals surface area contributed by atoms with Crippen molar-refractivity contribution in [3.63, 3.8) is 0 Å². The van der Waals surface area contributed by atoms with Crippen molar-refractivity contribution in [3.05, 3.63) is 53.6 Å². The summed E-state index contributed by atoms with van der Waals surface area (Å²) < 4.78 is 12.1. The summed E-state index contributed by atoms with van der Waals surface area (Å²) in [5.74, 6) is 8.14. The van der Waals surface area contributed by atoms with Gasteiger partial charge in [-0.3, -0.25) is 4.79 Å². The Morgan fingerprint density at radius 3 is 2.76 bits per heavy atom. The van der Waals surface area contributed by atoms with E-state index in [1.165, 1.54) is 16.4 Å². The molecule has 0 bridgehead atoms. The lowest BCUT2D eigenvalue weighted by Crippen LogP contribution is -2.28. The molecule has 1 amide bonds. The first-order chi connectivity index (χ1) is 14.0. The van der Waals surface area contributed by atoms with Gasteiger partial charge in [-0.15, -0.1) is 10.2 Å². The highest BCUT2D eigenvalue weighted by atomic mass is 32.2. The zero-order chi connectivity index (χ0) is 20.4. The molecule has 3 N–H and O–H groups in total. The van der Waals surface area contributed by atoms with E-state index in [0.717, 1.165) is 22.4 Å². The Balaban J connectivity index is 1.35. The van der Waals surface area contributed by atoms with Crippen molar-refractivity contribution in [1.82, 2.24) is 20.2 Å². The molecule has 1 aliphatic heterocycles. The minimum absolute atomic E-state index is 0.125. The number of nitrogen functional groups attached to an aromatic ring is 1. The molecule has 1 aromatic heterocycles. The molecule has 29 heavy (non-hydrogen) atoms. The van der Waals surface area contributed by atoms with Gasteiger partial charge in [0.05, 0.1) is 11.8 Å². The average molecular weight is 411 g/mol. The van der Waals surface area contributed by atoms with Crippen LogP contribution in [0.4, 0.5) is 0 Å². The van der Waals surface area contributed by atoms with Crippen molar-refractivity contribution in [2.24, 2.45) is 0 Å². The van der Waals surface area contributed by atoms with Gasteiger partial charge in [-0.05, 0) is 31.5 Å². The molecule has 0 unspecified atom stereocenters. The van der Waals surface area contributed by atoms with E-state index in [0.29, 0.717) is 16.7 Å². The second kappa shape index (κ2) is 8.04. The zero-order valence-electron chi connectivity index (χ0n) is 16.1. The van der Waals surface area contributed by atoms with E-state index in [1.807, 2.05) is 56.3 Å². The lowest BCUT2D eigenvalue weighted by molar-refractivity contribution is -0.119. The number of rotatable bonds is 6. The van der Waals surface area contributed by atoms with E-state index in [9.17, 15) is 4.79 Å². The number of fused-ring (bicyclic) bond motifs is 1. The van der Waals surface area contributed by atoms with Crippen molar-refractivity contribution in [2.45, 2.75) is 25.0 Å². The van der Waals surface area contributed by atoms with Gasteiger partial charge in [0, 0.05) is 5.56 Å². The smallest absolute Gasteiger partial charge is 0.231 e. The molecule has 0 spiro atoms. The number of carbonyl (C=O) groups excluding carboxylic acids is 1. The standard InChI is InChI=1S/C20H21N5O3S/c1-12-3-5-14(6-4-12)19-23-24-20(25(19)21)29-10-18(26)22-13(2)15-7-8-16-17(9-15)28-11-27-16/h3-9,13H,10-11,21H2,1-2H3,(H,22,26)/t13-/m1/s1. The monoisotopic (exact) mass is 411 g/mol. The van der Waals surface area contributed by atoms with Crippen molar-refractivity contribution in [1.29, 1.82) is 0 Å². The van der Waals surface area contributed by atoms with E-state index in [2.05, 4.69) is 15.5 Å². The highest BCUT2D eigenvalue weighted by Crippen LogP contribution is 2.34. The van der Waals surface area contributed by atoms with E-state index in [-0.39, 0.29) is 24.5 Å². The summed E-state index contributed by atoms with van der Waals surface area (Å²) in [6.45, 7) is 4.16. The third-order valence-electron chi connectivity index (χ3n) is 4.58. The number of benzene rings is 2. The third-order valence-corrected chi connectivity index (χ3v) is 5.52. The molecule has 150 valence electrons. The highest BCUT2D eigenvalue weighted by Gasteiger charge is 2.18. The highest BCUT2D eigenvalue weighted by molar-refractivity contribution is 7.99. The largest absolute Gasteiger partial charge is 0.454 e. The molecule has 1 aliphatic rings. The Hall–Kier alpha value is -3.20. The van der Waals surface area contributed by atoms with Crippen LogP contribution in [0.25, 0.3) is 11.4 Å². The topological polar surface area (TPSA) is 104 Å². The lowest BCUT2D eigenvalue weighted by Gasteiger charge is -2.14. The van der Waals surface area contributed by atoms with Crippen LogP contribution in [0.5, 0.6) is 11.5 Å². The first-order valence-electron chi connectivity index (χ1n) is 9.10. The fourth-order valence-corrected chi connectivity index (χ4v) is 3.62. The Kier molecular flexibility index (Phi) is 5.30. The summed E-state index contributed by atoms with van der Waals surface area (Å²) in [4.78, 5) is 12.4. The molecule has 8 nitrogen and oxygen atoms in total. The number of nitrogens with one attached hydrogen (secondary N) is 1. The van der Waals surface area contributed by atoms with Crippen LogP contribution >= 0.6 is 11.8 Å². The summed E-state index contributed by atoms with van der Waals surface area (Å²) >= 11 is 1.24. The van der Waals surface area contributed by atoms with Crippen LogP contribution in [0.2, 0.25) is 0 Å². The van der Waals surface area contributed by atoms with Gasteiger partial charge < -0.3 is 20.6 Å². The fourth-order valence-electron chi connectivity index (χ4n) is 2.95. The third kappa shape index (κ3) is 4.14. The summed E-state index contributed by atoms with van der Waals surface area (Å²) in [5, 5.41) is 11.7. The molecule has 2 aromatic carbocycles. The number of ether oxygens (including phenoxy) is 2. The summed E-state index contributed by atoms with van der Waals surface area (Å²) in [6.07, 6.45) is 0. The van der Waals surface area contributed by atoms with Gasteiger partial charge in [0.1, 0.15) is 0 Å². The molecular formula is C20H21N5O3S. The van der Waals surface area contributed by atoms with Crippen LogP contribution in [0.3, 0.4) is 0 Å². The molecule has 0 saturated carbocycles. The number of aromatic nitrogens is 3. The predicted molar refractivity (Wildman–Crippen MR) is 110 cm³/mol. The van der Waals surface area contributed by atoms with Crippen LogP contribution in [0.15, 0.2) is 47.6 Å². The van der Waals surface area contributed by atoms with Crippen molar-refractivity contribution in [3.8, 4) is 22.9 Å². The normalized spacial score (nSPS) is 13.3. The lowest BCUT2D eigenvalue weighted by atomic mass is 10.1. The first kappa shape index (κ1) is 19.1. The van der Waals surface area contributed by atoms with Crippen LogP contribution in [0, 0.1) is 6.92 Å². The summed E-state index contributed by atoms with van der Waals surface area (Å²) in [7, 11) is 0. The van der Waals surface area contributed by atoms with E-state index >= 15 is 0 Å². The minimum Gasteiger partial charge on any atom is -0.454 e. The molecule has 9 heteroatoms. The van der Waals surface area contributed by atoms with Gasteiger partial charge in [-0.25, -0.2) is 4.68 Å². The molecule has 2 heterocycles. The number of aryl methyl sites for hydroxylation is 1. The molecule has 3 aromatic rings. The molecule has 4 rings (SSSR count). The Morgan fingerprint density at radius 2 is 1.97 bits per heavy atom. The Labute approximate surface area is 172 Å². The molecule has 0 fully saturated rings. The maximum absolute atomic E-state index is 12.4. The van der Waals surface area contributed by atoms with Crippen molar-refractivity contribution >= 4 is 17.7 Å². The van der Waals surface area contributed by atoms with Gasteiger partial charge in [-0.2, -0.15) is 0 Å². The second-order valence-corrected chi connectivity index (χ2v) is 7.68. The van der Waals surface area contributed by atoms with Crippen LogP contribution < -0.4 is 20.6 Å². The quantitative estimate of drug-likeness (QED) is 0.475. The number of hydrogen-bond acceptors (Lipinski definition) is 7. The Morgan fingerprint density at radius 1 is 1.21 bits per heavy atom. The van der Waals surface area contributed by atoms with Gasteiger partial charge in [0.25, 0.3) is 0 Å². The average Bonchev–Trinajstić information content (AvgIpc) is 3.33. The molecule has 0 saturated heterocycles. The number of amides is 1. The van der Waals surface area contributed by atoms with Gasteiger partial charge in [-0.1, -0.05) is 47.7 Å². The van der Waals surface area contributed by atoms with Gasteiger partial charge in [0.15, 0.2) is 17.3 Å². The van der Waals surface area contributed by atoms with Crippen LogP contribution in [0.1, 0.15) is 24.1 Å². The van der Waals surface area contributed by atoms with Crippen LogP contribution in [-0.4, -0.2) is 33.3 Å². The van der Waals surface area contributed by atoms with Crippen LogP contribution in [-0.2, 0) is 4.79 Å². The minimum atomic E-state index is -0.170. The van der Waals surface area contributed by atoms with E-state index in [4.69, 9.17) is 15.3 Å². The van der Waals surface area contributed by atoms with Crippen molar-refractivity contribution in [2.75, 3.05) is 18.4 Å². The SMILES string of the molecule is Cc1ccc(-c2nnc(SCC(=O)N[C@H](C)c3ccc4c(c3)OCO4)n2N)cc1. The summed E-state index contributed by atoms with van der Waals surface area (Å²) in [5.41, 5.74) is 2.97. The number of nitrogens with two attached hydrogens (primary N) is 1. The maximum atomic E-state index is 12.4. The zero-order valence-corrected chi connectivity index (χ0v) is 16.9. The Bertz CT molecular complexity index is 1040. The van der Waals surface area contributed by atoms with E-state index in [1.54, 1.807) is 0 Å². The predicted octanol–water partition coefficient (Wildman–Crippen LogP) is 2.67. The fraction of sp³-hybridized carbons (Fsp3) is 0.250. The molecule has 1 atom stereocenters. The van der Waals surface area contributed by atoms with E-state index < -0.39 is 0 Å². The molecule has 0 aliphatic carbocycles. The number of carbonyl (C=O) groups is 1. The first-order valence-corrected chi connectivity index (χ1v) is 10.1. The number of nitrogens with zero attached hydrogens (tertiary/aromatic N) is 3. The summed E-state index contributed by atoms with van der Waals surface area (Å²) in [6, 6.07) is 13.3. The molecule has 0 radical (unpaired) electrons.